The second kappa shape index (κ2) is 7.74. The van der Waals surface area contributed by atoms with Gasteiger partial charge in [-0.1, -0.05) is 33.1 Å². The average Bonchev–Trinajstić information content (AvgIpc) is 2.43. The molecule has 1 aliphatic carbocycles. The van der Waals surface area contributed by atoms with Crippen molar-refractivity contribution < 1.29 is 9.90 Å². The molecular formula is C14H28N2O2. The van der Waals surface area contributed by atoms with Crippen molar-refractivity contribution in [3.8, 4) is 0 Å². The molecule has 4 nitrogen and oxygen atoms in total. The number of aliphatic hydroxyl groups excluding tert-OH is 1. The van der Waals surface area contributed by atoms with Gasteiger partial charge in [0, 0.05) is 13.2 Å². The van der Waals surface area contributed by atoms with Crippen LogP contribution in [-0.4, -0.2) is 30.2 Å². The molecule has 1 rings (SSSR count). The predicted molar refractivity (Wildman–Crippen MR) is 73.0 cm³/mol. The Morgan fingerprint density at radius 2 is 2.00 bits per heavy atom. The molecule has 1 fully saturated rings. The highest BCUT2D eigenvalue weighted by Crippen LogP contribution is 2.29. The lowest BCUT2D eigenvalue weighted by Gasteiger charge is -2.30. The Bertz CT molecular complexity index is 258. The van der Waals surface area contributed by atoms with Crippen molar-refractivity contribution in [1.82, 2.24) is 5.32 Å². The van der Waals surface area contributed by atoms with E-state index in [-0.39, 0.29) is 18.4 Å². The van der Waals surface area contributed by atoms with Gasteiger partial charge in [0.25, 0.3) is 0 Å². The largest absolute Gasteiger partial charge is 0.396 e. The molecule has 0 aromatic carbocycles. The highest BCUT2D eigenvalue weighted by molar-refractivity contribution is 5.81. The number of hydrogen-bond acceptors (Lipinski definition) is 3. The van der Waals surface area contributed by atoms with Gasteiger partial charge in [0.05, 0.1) is 6.04 Å². The standard InChI is InChI=1S/C14H28N2O2/c1-3-10(2)13(15)14(18)16-8-11-6-4-5-7-12(11)9-17/h10-13,17H,3-9,15H2,1-2H3,(H,16,18)/t10-,11?,12?,13-/m0/s1. The zero-order valence-corrected chi connectivity index (χ0v) is 11.7. The van der Waals surface area contributed by atoms with Crippen molar-refractivity contribution in [3.63, 3.8) is 0 Å². The van der Waals surface area contributed by atoms with Crippen molar-refractivity contribution in [2.75, 3.05) is 13.2 Å². The lowest BCUT2D eigenvalue weighted by molar-refractivity contribution is -0.123. The van der Waals surface area contributed by atoms with E-state index in [0.717, 1.165) is 19.3 Å². The van der Waals surface area contributed by atoms with Crippen LogP contribution in [-0.2, 0) is 4.79 Å². The fraction of sp³-hybridized carbons (Fsp3) is 0.929. The van der Waals surface area contributed by atoms with E-state index in [1.165, 1.54) is 12.8 Å². The molecule has 0 heterocycles. The molecule has 0 aromatic heterocycles. The summed E-state index contributed by atoms with van der Waals surface area (Å²) in [5.74, 6) is 0.923. The molecule has 2 unspecified atom stereocenters. The molecule has 0 aliphatic heterocycles. The average molecular weight is 256 g/mol. The maximum atomic E-state index is 11.9. The molecule has 0 saturated heterocycles. The van der Waals surface area contributed by atoms with Gasteiger partial charge in [0.15, 0.2) is 0 Å². The maximum absolute atomic E-state index is 11.9. The van der Waals surface area contributed by atoms with Crippen molar-refractivity contribution in [1.29, 1.82) is 0 Å². The first kappa shape index (κ1) is 15.4. The van der Waals surface area contributed by atoms with Gasteiger partial charge in [-0.2, -0.15) is 0 Å². The second-order valence-corrected chi connectivity index (χ2v) is 5.64. The third-order valence-electron chi connectivity index (χ3n) is 4.40. The molecule has 4 N–H and O–H groups in total. The number of amides is 1. The van der Waals surface area contributed by atoms with Crippen LogP contribution in [0.4, 0.5) is 0 Å². The Balaban J connectivity index is 2.36. The molecule has 4 heteroatoms. The van der Waals surface area contributed by atoms with Crippen LogP contribution in [0.25, 0.3) is 0 Å². The van der Waals surface area contributed by atoms with Gasteiger partial charge in [-0.25, -0.2) is 0 Å². The molecule has 0 radical (unpaired) electrons. The maximum Gasteiger partial charge on any atom is 0.237 e. The van der Waals surface area contributed by atoms with Gasteiger partial charge in [0.1, 0.15) is 0 Å². The highest BCUT2D eigenvalue weighted by Gasteiger charge is 2.26. The molecule has 106 valence electrons. The van der Waals surface area contributed by atoms with Gasteiger partial charge in [-0.3, -0.25) is 4.79 Å². The molecule has 0 aromatic rings. The normalized spacial score (nSPS) is 27.6. The van der Waals surface area contributed by atoms with Crippen LogP contribution in [0.5, 0.6) is 0 Å². The number of hydrogen-bond donors (Lipinski definition) is 3. The Kier molecular flexibility index (Phi) is 6.65. The number of nitrogens with one attached hydrogen (secondary N) is 1. The first-order valence-corrected chi connectivity index (χ1v) is 7.24. The van der Waals surface area contributed by atoms with Crippen LogP contribution < -0.4 is 11.1 Å². The molecular weight excluding hydrogens is 228 g/mol. The molecule has 18 heavy (non-hydrogen) atoms. The van der Waals surface area contributed by atoms with E-state index in [1.54, 1.807) is 0 Å². The Labute approximate surface area is 110 Å². The molecule has 0 bridgehead atoms. The molecule has 1 saturated carbocycles. The predicted octanol–water partition coefficient (Wildman–Crippen LogP) is 1.27. The molecule has 4 atom stereocenters. The minimum absolute atomic E-state index is 0.0494. The summed E-state index contributed by atoms with van der Waals surface area (Å²) in [6.45, 7) is 4.94. The zero-order valence-electron chi connectivity index (χ0n) is 11.7. The van der Waals surface area contributed by atoms with E-state index >= 15 is 0 Å². The Hall–Kier alpha value is -0.610. The van der Waals surface area contributed by atoms with Crippen LogP contribution in [0.2, 0.25) is 0 Å². The van der Waals surface area contributed by atoms with Crippen molar-refractivity contribution in [2.24, 2.45) is 23.5 Å². The number of carbonyl (C=O) groups excluding carboxylic acids is 1. The number of carbonyl (C=O) groups is 1. The number of nitrogens with two attached hydrogens (primary N) is 1. The fourth-order valence-electron chi connectivity index (χ4n) is 2.66. The summed E-state index contributed by atoms with van der Waals surface area (Å²) in [6, 6.07) is -0.411. The zero-order chi connectivity index (χ0) is 13.5. The van der Waals surface area contributed by atoms with E-state index in [4.69, 9.17) is 5.73 Å². The first-order chi connectivity index (χ1) is 8.60. The first-order valence-electron chi connectivity index (χ1n) is 7.24. The molecule has 1 aliphatic rings. The highest BCUT2D eigenvalue weighted by atomic mass is 16.3. The topological polar surface area (TPSA) is 75.4 Å². The monoisotopic (exact) mass is 256 g/mol. The minimum Gasteiger partial charge on any atom is -0.396 e. The van der Waals surface area contributed by atoms with Crippen molar-refractivity contribution >= 4 is 5.91 Å². The van der Waals surface area contributed by atoms with E-state index in [0.29, 0.717) is 18.4 Å². The van der Waals surface area contributed by atoms with E-state index < -0.39 is 6.04 Å². The summed E-state index contributed by atoms with van der Waals surface area (Å²) >= 11 is 0. The van der Waals surface area contributed by atoms with Crippen LogP contribution in [0.1, 0.15) is 46.0 Å². The summed E-state index contributed by atoms with van der Waals surface area (Å²) in [4.78, 5) is 11.9. The van der Waals surface area contributed by atoms with Gasteiger partial charge in [-0.15, -0.1) is 0 Å². The van der Waals surface area contributed by atoms with Crippen molar-refractivity contribution in [3.05, 3.63) is 0 Å². The summed E-state index contributed by atoms with van der Waals surface area (Å²) in [7, 11) is 0. The van der Waals surface area contributed by atoms with Crippen LogP contribution >= 0.6 is 0 Å². The van der Waals surface area contributed by atoms with E-state index in [9.17, 15) is 9.90 Å². The fourth-order valence-corrected chi connectivity index (χ4v) is 2.66. The number of rotatable bonds is 6. The smallest absolute Gasteiger partial charge is 0.237 e. The minimum atomic E-state index is -0.411. The third-order valence-corrected chi connectivity index (χ3v) is 4.40. The van der Waals surface area contributed by atoms with Gasteiger partial charge in [0.2, 0.25) is 5.91 Å². The molecule has 0 spiro atoms. The van der Waals surface area contributed by atoms with Crippen molar-refractivity contribution in [2.45, 2.75) is 52.0 Å². The van der Waals surface area contributed by atoms with E-state index in [1.807, 2.05) is 13.8 Å². The van der Waals surface area contributed by atoms with Crippen LogP contribution in [0, 0.1) is 17.8 Å². The second-order valence-electron chi connectivity index (χ2n) is 5.64. The lowest BCUT2D eigenvalue weighted by Crippen LogP contribution is -2.47. The van der Waals surface area contributed by atoms with Crippen LogP contribution in [0.3, 0.4) is 0 Å². The van der Waals surface area contributed by atoms with Gasteiger partial charge >= 0.3 is 0 Å². The summed E-state index contributed by atoms with van der Waals surface area (Å²) in [6.07, 6.45) is 5.49. The summed E-state index contributed by atoms with van der Waals surface area (Å²) in [5, 5.41) is 12.3. The number of aliphatic hydroxyl groups is 1. The Morgan fingerprint density at radius 3 is 2.56 bits per heavy atom. The van der Waals surface area contributed by atoms with Gasteiger partial charge < -0.3 is 16.2 Å². The Morgan fingerprint density at radius 1 is 1.39 bits per heavy atom. The van der Waals surface area contributed by atoms with Gasteiger partial charge in [-0.05, 0) is 30.6 Å². The van der Waals surface area contributed by atoms with E-state index in [2.05, 4.69) is 5.32 Å². The third kappa shape index (κ3) is 4.25. The lowest BCUT2D eigenvalue weighted by atomic mass is 9.79. The van der Waals surface area contributed by atoms with Crippen LogP contribution in [0.15, 0.2) is 0 Å². The summed E-state index contributed by atoms with van der Waals surface area (Å²) in [5.41, 5.74) is 5.89. The quantitative estimate of drug-likeness (QED) is 0.670. The SMILES string of the molecule is CC[C@H](C)[C@H](N)C(=O)NCC1CCCCC1CO. The molecule has 1 amide bonds. The summed E-state index contributed by atoms with van der Waals surface area (Å²) < 4.78 is 0.